The van der Waals surface area contributed by atoms with Gasteiger partial charge in [-0.25, -0.2) is 0 Å². The first-order chi connectivity index (χ1) is 12.8. The molecule has 0 saturated heterocycles. The van der Waals surface area contributed by atoms with Gasteiger partial charge in [0, 0.05) is 35.5 Å². The van der Waals surface area contributed by atoms with E-state index in [0.717, 1.165) is 5.69 Å². The van der Waals surface area contributed by atoms with E-state index in [9.17, 15) is 0 Å². The van der Waals surface area contributed by atoms with E-state index >= 15 is 0 Å². The smallest absolute Gasteiger partial charge is 0.212 e. The maximum atomic E-state index is 3.33. The zero-order valence-electron chi connectivity index (χ0n) is 14.8. The van der Waals surface area contributed by atoms with Crippen LogP contribution in [0.15, 0.2) is 97.2 Å². The topological polar surface area (TPSA) is 15.9 Å². The van der Waals surface area contributed by atoms with Crippen LogP contribution in [0.1, 0.15) is 5.69 Å². The van der Waals surface area contributed by atoms with Crippen LogP contribution >= 0.6 is 0 Å². The molecule has 3 aromatic carbocycles. The summed E-state index contributed by atoms with van der Waals surface area (Å²) in [6, 6.07) is 27.5. The average molecular weight is 337 g/mol. The summed E-state index contributed by atoms with van der Waals surface area (Å²) in [5.74, 6) is 0. The van der Waals surface area contributed by atoms with Crippen molar-refractivity contribution in [3.05, 3.63) is 103 Å². The Bertz CT molecular complexity index is 1120. The fourth-order valence-electron chi connectivity index (χ4n) is 3.16. The lowest BCUT2D eigenvalue weighted by Crippen LogP contribution is -2.32. The molecule has 4 aromatic rings. The Morgan fingerprint density at radius 2 is 1.46 bits per heavy atom. The number of aromatic nitrogens is 1. The van der Waals surface area contributed by atoms with E-state index in [1.165, 1.54) is 27.4 Å². The van der Waals surface area contributed by atoms with Gasteiger partial charge >= 0.3 is 0 Å². The summed E-state index contributed by atoms with van der Waals surface area (Å²) in [4.78, 5) is 0. The molecule has 1 N–H and O–H groups in total. The van der Waals surface area contributed by atoms with Gasteiger partial charge in [0.1, 0.15) is 7.05 Å². The third-order valence-corrected chi connectivity index (χ3v) is 4.59. The molecule has 2 nitrogen and oxygen atoms in total. The van der Waals surface area contributed by atoms with Gasteiger partial charge in [-0.15, -0.1) is 0 Å². The van der Waals surface area contributed by atoms with E-state index in [1.807, 2.05) is 12.3 Å². The number of rotatable bonds is 4. The van der Waals surface area contributed by atoms with Gasteiger partial charge in [0.05, 0.1) is 0 Å². The molecule has 0 fully saturated rings. The lowest BCUT2D eigenvalue weighted by atomic mass is 10.1. The van der Waals surface area contributed by atoms with Crippen molar-refractivity contribution in [1.29, 1.82) is 0 Å². The molecular weight excluding hydrogens is 316 g/mol. The molecule has 0 aliphatic rings. The van der Waals surface area contributed by atoms with Crippen molar-refractivity contribution in [3.63, 3.8) is 0 Å². The average Bonchev–Trinajstić information content (AvgIpc) is 2.69. The molecular formula is C24H21N2+. The lowest BCUT2D eigenvalue weighted by Gasteiger charge is -2.02. The number of pyridine rings is 1. The zero-order chi connectivity index (χ0) is 17.8. The van der Waals surface area contributed by atoms with Crippen molar-refractivity contribution in [2.45, 2.75) is 0 Å². The van der Waals surface area contributed by atoms with Gasteiger partial charge in [-0.2, -0.15) is 4.57 Å². The number of aryl methyl sites for hydroxylation is 1. The highest BCUT2D eigenvalue weighted by molar-refractivity contribution is 5.85. The third-order valence-electron chi connectivity index (χ3n) is 4.59. The summed E-state index contributed by atoms with van der Waals surface area (Å²) < 4.78 is 2.20. The summed E-state index contributed by atoms with van der Waals surface area (Å²) in [5, 5.41) is 7.08. The third kappa shape index (κ3) is 3.35. The predicted octanol–water partition coefficient (Wildman–Crippen LogP) is 5.46. The Balaban J connectivity index is 1.47. The number of nitrogens with one attached hydrogen (secondary N) is 1. The minimum absolute atomic E-state index is 1.09. The van der Waals surface area contributed by atoms with Crippen LogP contribution in [0, 0.1) is 0 Å². The zero-order valence-corrected chi connectivity index (χ0v) is 14.8. The first kappa shape index (κ1) is 16.1. The summed E-state index contributed by atoms with van der Waals surface area (Å²) in [5.41, 5.74) is 3.48. The van der Waals surface area contributed by atoms with Crippen LogP contribution in [-0.4, -0.2) is 0 Å². The van der Waals surface area contributed by atoms with Crippen LogP contribution in [0.3, 0.4) is 0 Å². The number of fused-ring (bicyclic) bond motifs is 2. The lowest BCUT2D eigenvalue weighted by molar-refractivity contribution is -0.646. The Morgan fingerprint density at radius 3 is 2.35 bits per heavy atom. The second-order valence-electron chi connectivity index (χ2n) is 6.30. The molecule has 1 heterocycles. The Labute approximate surface area is 153 Å². The minimum atomic E-state index is 1.09. The van der Waals surface area contributed by atoms with Crippen LogP contribution in [0.4, 0.5) is 5.69 Å². The molecule has 0 spiro atoms. The number of para-hydroxylation sites is 1. The fraction of sp³-hybridized carbons (Fsp3) is 0.0417. The molecule has 0 amide bonds. The van der Waals surface area contributed by atoms with Crippen molar-refractivity contribution in [1.82, 2.24) is 0 Å². The molecule has 4 rings (SSSR count). The van der Waals surface area contributed by atoms with Gasteiger partial charge in [-0.1, -0.05) is 48.5 Å². The van der Waals surface area contributed by atoms with E-state index in [-0.39, 0.29) is 0 Å². The maximum Gasteiger partial charge on any atom is 0.212 e. The first-order valence-electron chi connectivity index (χ1n) is 8.78. The molecule has 0 bridgehead atoms. The minimum Gasteiger partial charge on any atom is -0.362 e. The number of benzene rings is 3. The van der Waals surface area contributed by atoms with Crippen molar-refractivity contribution in [3.8, 4) is 0 Å². The number of nitrogens with zero attached hydrogens (tertiary/aromatic N) is 1. The second kappa shape index (κ2) is 7.24. The van der Waals surface area contributed by atoms with E-state index < -0.39 is 0 Å². The van der Waals surface area contributed by atoms with E-state index in [1.54, 1.807) is 0 Å². The van der Waals surface area contributed by atoms with Crippen molar-refractivity contribution in [2.75, 3.05) is 5.32 Å². The first-order valence-corrected chi connectivity index (χ1v) is 8.78. The summed E-state index contributed by atoms with van der Waals surface area (Å²) in [6.45, 7) is 0. The maximum absolute atomic E-state index is 3.33. The van der Waals surface area contributed by atoms with Crippen LogP contribution < -0.4 is 9.88 Å². The van der Waals surface area contributed by atoms with E-state index in [2.05, 4.69) is 108 Å². The quantitative estimate of drug-likeness (QED) is 0.386. The van der Waals surface area contributed by atoms with Gasteiger partial charge in [-0.05, 0) is 41.1 Å². The Morgan fingerprint density at radius 1 is 0.731 bits per heavy atom. The molecule has 1 aromatic heterocycles. The van der Waals surface area contributed by atoms with Gasteiger partial charge in [-0.3, -0.25) is 0 Å². The fourth-order valence-corrected chi connectivity index (χ4v) is 3.16. The number of hydrogen-bond donors (Lipinski definition) is 1. The van der Waals surface area contributed by atoms with Crippen LogP contribution in [0.2, 0.25) is 0 Å². The Kier molecular flexibility index (Phi) is 4.48. The van der Waals surface area contributed by atoms with E-state index in [0.29, 0.717) is 0 Å². The molecule has 2 heteroatoms. The van der Waals surface area contributed by atoms with Crippen LogP contribution in [0.5, 0.6) is 0 Å². The highest BCUT2D eigenvalue weighted by Gasteiger charge is 2.07. The van der Waals surface area contributed by atoms with Crippen molar-refractivity contribution >= 4 is 33.4 Å². The number of anilines is 1. The molecule has 0 atom stereocenters. The summed E-state index contributed by atoms with van der Waals surface area (Å²) >= 11 is 0. The van der Waals surface area contributed by atoms with Crippen LogP contribution in [-0.2, 0) is 7.05 Å². The highest BCUT2D eigenvalue weighted by atomic mass is 14.9. The number of allylic oxidation sites excluding steroid dienone is 2. The monoisotopic (exact) mass is 337 g/mol. The normalized spacial score (nSPS) is 11.7. The van der Waals surface area contributed by atoms with Crippen molar-refractivity contribution in [2.24, 2.45) is 7.05 Å². The second-order valence-corrected chi connectivity index (χ2v) is 6.30. The summed E-state index contributed by atoms with van der Waals surface area (Å²) in [7, 11) is 2.10. The Hall–Kier alpha value is -3.39. The SMILES string of the molecule is C[n+]1c(/C=C/C=C/Nc2ccc3ccccc3c2)ccc2ccccc21. The number of hydrogen-bond acceptors (Lipinski definition) is 1. The summed E-state index contributed by atoms with van der Waals surface area (Å²) in [6.07, 6.45) is 8.15. The van der Waals surface area contributed by atoms with Gasteiger partial charge in [0.15, 0.2) is 0 Å². The van der Waals surface area contributed by atoms with Crippen molar-refractivity contribution < 1.29 is 4.57 Å². The van der Waals surface area contributed by atoms with E-state index in [4.69, 9.17) is 0 Å². The molecule has 0 saturated carbocycles. The molecule has 0 unspecified atom stereocenters. The standard InChI is InChI=1S/C24H20N2/c1-26-23(16-14-20-9-4-5-12-24(20)26)11-6-7-17-25-22-15-13-19-8-2-3-10-21(19)18-22/h2-18H,1H3/p+1. The highest BCUT2D eigenvalue weighted by Crippen LogP contribution is 2.18. The predicted molar refractivity (Wildman–Crippen MR) is 111 cm³/mol. The largest absolute Gasteiger partial charge is 0.362 e. The molecule has 126 valence electrons. The van der Waals surface area contributed by atoms with Crippen LogP contribution in [0.25, 0.3) is 27.8 Å². The van der Waals surface area contributed by atoms with Gasteiger partial charge in [0.25, 0.3) is 0 Å². The molecule has 26 heavy (non-hydrogen) atoms. The molecule has 0 radical (unpaired) electrons. The van der Waals surface area contributed by atoms with Gasteiger partial charge < -0.3 is 5.32 Å². The van der Waals surface area contributed by atoms with Gasteiger partial charge in [0.2, 0.25) is 11.2 Å². The molecule has 0 aliphatic carbocycles. The molecule has 0 aliphatic heterocycles.